The van der Waals surface area contributed by atoms with Crippen LogP contribution in [0.5, 0.6) is 0 Å². The van der Waals surface area contributed by atoms with E-state index < -0.39 is 12.1 Å². The lowest BCUT2D eigenvalue weighted by atomic mass is 9.98. The van der Waals surface area contributed by atoms with Gasteiger partial charge in [-0.25, -0.2) is 14.8 Å². The Kier molecular flexibility index (Phi) is 8.58. The van der Waals surface area contributed by atoms with Crippen molar-refractivity contribution in [3.05, 3.63) is 84.7 Å². The zero-order valence-corrected chi connectivity index (χ0v) is 30.0. The van der Waals surface area contributed by atoms with Crippen LogP contribution in [0.4, 0.5) is 4.79 Å². The van der Waals surface area contributed by atoms with Crippen molar-refractivity contribution in [2.24, 2.45) is 17.3 Å². The van der Waals surface area contributed by atoms with E-state index in [9.17, 15) is 14.9 Å². The number of benzene rings is 3. The minimum Gasteiger partial charge on any atom is -0.453 e. The van der Waals surface area contributed by atoms with E-state index in [0.29, 0.717) is 6.54 Å². The molecule has 1 spiro atoms. The molecule has 52 heavy (non-hydrogen) atoms. The molecule has 3 aromatic carbocycles. The molecule has 5 aromatic rings. The van der Waals surface area contributed by atoms with Gasteiger partial charge in [0, 0.05) is 18.7 Å². The highest BCUT2D eigenvalue weighted by atomic mass is 16.5. The van der Waals surface area contributed by atoms with Crippen molar-refractivity contribution in [2.45, 2.75) is 57.7 Å². The summed E-state index contributed by atoms with van der Waals surface area (Å²) in [5.41, 5.74) is 6.36. The summed E-state index contributed by atoms with van der Waals surface area (Å²) in [6.45, 7) is 5.30. The van der Waals surface area contributed by atoms with Gasteiger partial charge >= 0.3 is 6.09 Å². The monoisotopic (exact) mass is 696 g/mol. The summed E-state index contributed by atoms with van der Waals surface area (Å²) in [6, 6.07) is 23.1. The van der Waals surface area contributed by atoms with Crippen LogP contribution < -0.4 is 5.32 Å². The van der Waals surface area contributed by atoms with E-state index in [1.807, 2.05) is 31.1 Å². The van der Waals surface area contributed by atoms with Gasteiger partial charge in [-0.05, 0) is 83.7 Å². The van der Waals surface area contributed by atoms with Gasteiger partial charge in [-0.3, -0.25) is 9.69 Å². The average Bonchev–Trinajstić information content (AvgIpc) is 3.62. The summed E-state index contributed by atoms with van der Waals surface area (Å²) >= 11 is 0. The van der Waals surface area contributed by atoms with Crippen molar-refractivity contribution in [1.82, 2.24) is 35.1 Å². The zero-order valence-electron chi connectivity index (χ0n) is 30.0. The Morgan fingerprint density at radius 3 is 2.12 bits per heavy atom. The largest absolute Gasteiger partial charge is 0.453 e. The third kappa shape index (κ3) is 6.32. The fourth-order valence-electron chi connectivity index (χ4n) is 8.10. The molecule has 0 radical (unpaired) electrons. The molecule has 8 rings (SSSR count). The predicted octanol–water partition coefficient (Wildman–Crippen LogP) is 7.24. The number of amides is 2. The van der Waals surface area contributed by atoms with Gasteiger partial charge in [0.2, 0.25) is 5.91 Å². The van der Waals surface area contributed by atoms with E-state index in [-0.39, 0.29) is 35.2 Å². The third-order valence-electron chi connectivity index (χ3n) is 11.4. The van der Waals surface area contributed by atoms with E-state index in [4.69, 9.17) is 9.72 Å². The Balaban J connectivity index is 0.974. The quantitative estimate of drug-likeness (QED) is 0.155. The summed E-state index contributed by atoms with van der Waals surface area (Å²) in [5, 5.41) is 14.4. The summed E-state index contributed by atoms with van der Waals surface area (Å²) < 4.78 is 4.81. The lowest BCUT2D eigenvalue weighted by Gasteiger charge is -2.30. The van der Waals surface area contributed by atoms with Gasteiger partial charge in [-0.1, -0.05) is 62.4 Å². The Bertz CT molecular complexity index is 2180. The molecule has 266 valence electrons. The highest BCUT2D eigenvalue weighted by Crippen LogP contribution is 2.58. The minimum absolute atomic E-state index is 0.0392. The van der Waals surface area contributed by atoms with Gasteiger partial charge in [-0.15, -0.1) is 0 Å². The molecular weight excluding hydrogens is 653 g/mol. The second-order valence-electron chi connectivity index (χ2n) is 15.3. The molecule has 4 heterocycles. The second-order valence-corrected chi connectivity index (χ2v) is 15.3. The number of nitrogens with zero attached hydrogens (tertiary/aromatic N) is 5. The van der Waals surface area contributed by atoms with Crippen LogP contribution in [0.2, 0.25) is 0 Å². The van der Waals surface area contributed by atoms with Gasteiger partial charge in [-0.2, -0.15) is 5.26 Å². The number of alkyl carbamates (subject to hydrolysis) is 1. The standard InChI is InChI=1S/C41H44N8O3/c1-24(2)36(47-40(51)52-4)39(50)49-23-41(13-14-41)18-35(49)38-44-20-32(45-38)27-7-5-26(6-8-27)28-9-10-30-17-31(12-11-29(30)16-28)33-21-43-37(46-33)34-15-25(19-42)22-48(34)3/h5-12,16-17,20-21,24-25,34-36H,13-15,18,22-23H2,1-4H3,(H,43,46)(H,44,45)(H,47,51). The number of H-pyrrole nitrogens is 2. The fraction of sp³-hybridized carbons (Fsp3) is 0.390. The van der Waals surface area contributed by atoms with Crippen LogP contribution >= 0.6 is 0 Å². The Hall–Kier alpha value is -5.47. The third-order valence-corrected chi connectivity index (χ3v) is 11.4. The number of rotatable bonds is 8. The van der Waals surface area contributed by atoms with Crippen LogP contribution in [0.15, 0.2) is 73.1 Å². The topological polar surface area (TPSA) is 143 Å². The number of carbonyl (C=O) groups is 2. The van der Waals surface area contributed by atoms with E-state index >= 15 is 0 Å². The van der Waals surface area contributed by atoms with Gasteiger partial charge in [0.25, 0.3) is 0 Å². The lowest BCUT2D eigenvalue weighted by Crippen LogP contribution is -2.51. The fourth-order valence-corrected chi connectivity index (χ4v) is 8.10. The van der Waals surface area contributed by atoms with Crippen molar-refractivity contribution in [1.29, 1.82) is 5.26 Å². The highest BCUT2D eigenvalue weighted by Gasteiger charge is 2.55. The van der Waals surface area contributed by atoms with Crippen LogP contribution in [-0.2, 0) is 9.53 Å². The molecule has 3 N–H and O–H groups in total. The first-order valence-corrected chi connectivity index (χ1v) is 18.1. The first-order chi connectivity index (χ1) is 25.1. The zero-order chi connectivity index (χ0) is 36.1. The van der Waals surface area contributed by atoms with Crippen molar-refractivity contribution < 1.29 is 14.3 Å². The van der Waals surface area contributed by atoms with Crippen molar-refractivity contribution >= 4 is 22.8 Å². The number of carbonyl (C=O) groups excluding carboxylic acids is 2. The molecule has 0 bridgehead atoms. The summed E-state index contributed by atoms with van der Waals surface area (Å²) in [6.07, 6.45) is 7.00. The Morgan fingerprint density at radius 2 is 1.50 bits per heavy atom. The molecule has 1 aliphatic carbocycles. The van der Waals surface area contributed by atoms with Gasteiger partial charge in [0.1, 0.15) is 17.7 Å². The number of nitriles is 1. The molecule has 11 nitrogen and oxygen atoms in total. The first kappa shape index (κ1) is 33.7. The number of hydrogen-bond acceptors (Lipinski definition) is 7. The molecule has 1 saturated carbocycles. The number of fused-ring (bicyclic) bond motifs is 1. The van der Waals surface area contributed by atoms with Crippen LogP contribution in [-0.4, -0.2) is 75.0 Å². The normalized spacial score (nSPS) is 21.5. The van der Waals surface area contributed by atoms with Crippen LogP contribution in [0, 0.1) is 28.6 Å². The van der Waals surface area contributed by atoms with Crippen molar-refractivity contribution in [3.8, 4) is 39.7 Å². The molecule has 2 aromatic heterocycles. The molecule has 2 saturated heterocycles. The van der Waals surface area contributed by atoms with E-state index in [1.54, 1.807) is 0 Å². The van der Waals surface area contributed by atoms with E-state index in [1.165, 1.54) is 7.11 Å². The number of imidazole rings is 2. The number of nitrogens with one attached hydrogen (secondary N) is 3. The smallest absolute Gasteiger partial charge is 0.407 e. The molecule has 3 aliphatic rings. The van der Waals surface area contributed by atoms with Crippen LogP contribution in [0.1, 0.15) is 63.3 Å². The number of hydrogen-bond donors (Lipinski definition) is 3. The summed E-state index contributed by atoms with van der Waals surface area (Å²) in [5.74, 6) is 1.54. The molecule has 2 amide bonds. The first-order valence-electron chi connectivity index (χ1n) is 18.1. The summed E-state index contributed by atoms with van der Waals surface area (Å²) in [7, 11) is 3.36. The number of ether oxygens (including phenoxy) is 1. The number of likely N-dealkylation sites (tertiary alicyclic amines) is 2. The number of aromatic amines is 2. The maximum atomic E-state index is 13.8. The van der Waals surface area contributed by atoms with E-state index in [2.05, 4.69) is 98.9 Å². The van der Waals surface area contributed by atoms with Gasteiger partial charge < -0.3 is 24.9 Å². The maximum Gasteiger partial charge on any atom is 0.407 e. The van der Waals surface area contributed by atoms with Crippen molar-refractivity contribution in [3.63, 3.8) is 0 Å². The second kappa shape index (κ2) is 13.3. The van der Waals surface area contributed by atoms with Gasteiger partial charge in [0.05, 0.1) is 55.0 Å². The average molecular weight is 697 g/mol. The maximum absolute atomic E-state index is 13.8. The number of methoxy groups -OCH3 is 1. The van der Waals surface area contributed by atoms with E-state index in [0.717, 1.165) is 88.3 Å². The molecule has 4 unspecified atom stereocenters. The predicted molar refractivity (Wildman–Crippen MR) is 199 cm³/mol. The SMILES string of the molecule is COC(=O)NC(C(=O)N1CC2(CC2)CC1c1ncc(-c2ccc(-c3ccc4cc(-c5cnc(C6CC(C#N)CN6C)[nH]5)ccc4c3)cc2)[nH]1)C(C)C. The lowest BCUT2D eigenvalue weighted by molar-refractivity contribution is -0.135. The molecule has 11 heteroatoms. The number of aromatic nitrogens is 4. The summed E-state index contributed by atoms with van der Waals surface area (Å²) in [4.78, 5) is 46.5. The van der Waals surface area contributed by atoms with Gasteiger partial charge in [0.15, 0.2) is 0 Å². The Morgan fingerprint density at radius 1 is 0.904 bits per heavy atom. The minimum atomic E-state index is -0.670. The highest BCUT2D eigenvalue weighted by molar-refractivity contribution is 5.91. The van der Waals surface area contributed by atoms with Crippen LogP contribution in [0.25, 0.3) is 44.4 Å². The van der Waals surface area contributed by atoms with Crippen molar-refractivity contribution in [2.75, 3.05) is 27.2 Å². The molecule has 4 atom stereocenters. The molecule has 2 aliphatic heterocycles. The Labute approximate surface area is 303 Å². The molecule has 3 fully saturated rings. The molecular formula is C41H44N8O3. The van der Waals surface area contributed by atoms with Crippen LogP contribution in [0.3, 0.4) is 0 Å².